The molecule has 9 heteroatoms. The Hall–Kier alpha value is -1.81. The molecule has 3 aliphatic heterocycles. The lowest BCUT2D eigenvalue weighted by atomic mass is 9.87. The van der Waals surface area contributed by atoms with Gasteiger partial charge in [0.15, 0.2) is 12.1 Å². The van der Waals surface area contributed by atoms with Gasteiger partial charge in [-0.3, -0.25) is 14.4 Å². The van der Waals surface area contributed by atoms with Crippen LogP contribution in [0.5, 0.6) is 0 Å². The lowest BCUT2D eigenvalue weighted by Crippen LogP contribution is -2.49. The van der Waals surface area contributed by atoms with Crippen molar-refractivity contribution in [3.8, 4) is 0 Å². The highest BCUT2D eigenvalue weighted by Gasteiger charge is 2.40. The highest BCUT2D eigenvalue weighted by molar-refractivity contribution is 5.92. The first-order valence-corrected chi connectivity index (χ1v) is 14.7. The lowest BCUT2D eigenvalue weighted by Gasteiger charge is -2.42. The van der Waals surface area contributed by atoms with E-state index in [2.05, 4.69) is 5.32 Å². The summed E-state index contributed by atoms with van der Waals surface area (Å²) in [6, 6.07) is -0.447. The fourth-order valence-electron chi connectivity index (χ4n) is 6.22. The van der Waals surface area contributed by atoms with E-state index in [-0.39, 0.29) is 30.2 Å². The SMILES string of the molecule is C/C=C1\CCC[C@@](C)(O)CC[C@H](O[C@H]2C[C@@](C)(OC)C[C@H](C)O2)[C@@H](C)C(=O)NCC(=O)N2CCC[C@H]2C(=O)C1. The number of fused-ring (bicyclic) bond motifs is 1. The number of hydrogen-bond acceptors (Lipinski definition) is 7. The maximum atomic E-state index is 13.2. The number of rotatable bonds is 3. The normalized spacial score (nSPS) is 39.4. The maximum Gasteiger partial charge on any atom is 0.242 e. The number of carbonyl (C=O) groups is 3. The van der Waals surface area contributed by atoms with Crippen molar-refractivity contribution in [2.45, 2.75) is 135 Å². The van der Waals surface area contributed by atoms with Gasteiger partial charge in [0.25, 0.3) is 0 Å². The monoisotopic (exact) mass is 550 g/mol. The van der Waals surface area contributed by atoms with Crippen LogP contribution in [0.1, 0.15) is 98.8 Å². The van der Waals surface area contributed by atoms with E-state index in [1.807, 2.05) is 33.8 Å². The number of ketones is 1. The minimum Gasteiger partial charge on any atom is -0.390 e. The van der Waals surface area contributed by atoms with Crippen molar-refractivity contribution < 1.29 is 33.7 Å². The van der Waals surface area contributed by atoms with Gasteiger partial charge >= 0.3 is 0 Å². The minimum absolute atomic E-state index is 0.0444. The molecule has 3 saturated heterocycles. The van der Waals surface area contributed by atoms with Gasteiger partial charge in [0.2, 0.25) is 11.8 Å². The van der Waals surface area contributed by atoms with Crippen LogP contribution in [0.15, 0.2) is 11.6 Å². The van der Waals surface area contributed by atoms with E-state index in [9.17, 15) is 19.5 Å². The number of nitrogens with zero attached hydrogens (tertiary/aromatic N) is 1. The van der Waals surface area contributed by atoms with Crippen LogP contribution >= 0.6 is 0 Å². The molecule has 3 rings (SSSR count). The second kappa shape index (κ2) is 13.7. The van der Waals surface area contributed by atoms with Crippen molar-refractivity contribution in [2.75, 3.05) is 20.2 Å². The molecule has 0 aliphatic carbocycles. The molecule has 3 aliphatic rings. The van der Waals surface area contributed by atoms with Gasteiger partial charge in [0.05, 0.1) is 41.9 Å². The van der Waals surface area contributed by atoms with E-state index in [4.69, 9.17) is 14.2 Å². The van der Waals surface area contributed by atoms with Gasteiger partial charge in [-0.05, 0) is 72.6 Å². The van der Waals surface area contributed by atoms with E-state index in [0.29, 0.717) is 45.1 Å². The zero-order valence-corrected chi connectivity index (χ0v) is 24.8. The molecule has 0 radical (unpaired) electrons. The predicted molar refractivity (Wildman–Crippen MR) is 148 cm³/mol. The smallest absolute Gasteiger partial charge is 0.242 e. The van der Waals surface area contributed by atoms with Crippen molar-refractivity contribution >= 4 is 17.6 Å². The van der Waals surface area contributed by atoms with Gasteiger partial charge in [-0.25, -0.2) is 0 Å². The van der Waals surface area contributed by atoms with Crippen LogP contribution in [0.4, 0.5) is 0 Å². The third kappa shape index (κ3) is 8.84. The van der Waals surface area contributed by atoms with E-state index < -0.39 is 35.6 Å². The molecule has 0 saturated carbocycles. The Labute approximate surface area is 234 Å². The van der Waals surface area contributed by atoms with Crippen LogP contribution in [0.2, 0.25) is 0 Å². The highest BCUT2D eigenvalue weighted by Crippen LogP contribution is 2.34. The molecule has 2 amide bonds. The molecular weight excluding hydrogens is 500 g/mol. The van der Waals surface area contributed by atoms with Crippen molar-refractivity contribution in [1.82, 2.24) is 10.2 Å². The summed E-state index contributed by atoms with van der Waals surface area (Å²) in [6.45, 7) is 9.92. The van der Waals surface area contributed by atoms with Crippen molar-refractivity contribution in [2.24, 2.45) is 5.92 Å². The number of amides is 2. The quantitative estimate of drug-likeness (QED) is 0.516. The molecular formula is C30H50N2O7. The van der Waals surface area contributed by atoms with Crippen LogP contribution in [0, 0.1) is 5.92 Å². The zero-order chi connectivity index (χ0) is 28.8. The molecule has 2 N–H and O–H groups in total. The molecule has 3 fully saturated rings. The summed E-state index contributed by atoms with van der Waals surface area (Å²) in [6.07, 6.45) is 6.78. The summed E-state index contributed by atoms with van der Waals surface area (Å²) in [5.41, 5.74) is -0.307. The Morgan fingerprint density at radius 1 is 1.10 bits per heavy atom. The Morgan fingerprint density at radius 2 is 1.85 bits per heavy atom. The summed E-state index contributed by atoms with van der Waals surface area (Å²) in [5.74, 6) is -1.07. The summed E-state index contributed by atoms with van der Waals surface area (Å²) in [7, 11) is 1.69. The summed E-state index contributed by atoms with van der Waals surface area (Å²) in [5, 5.41) is 14.0. The second-order valence-electron chi connectivity index (χ2n) is 12.3. The molecule has 0 bridgehead atoms. The van der Waals surface area contributed by atoms with Crippen LogP contribution in [-0.2, 0) is 28.6 Å². The van der Waals surface area contributed by atoms with Crippen LogP contribution in [0.25, 0.3) is 0 Å². The van der Waals surface area contributed by atoms with Gasteiger partial charge in [0, 0.05) is 32.9 Å². The fraction of sp³-hybridized carbons (Fsp3) is 0.833. The summed E-state index contributed by atoms with van der Waals surface area (Å²) >= 11 is 0. The Kier molecular flexibility index (Phi) is 11.1. The van der Waals surface area contributed by atoms with Crippen LogP contribution in [-0.4, -0.2) is 83.5 Å². The van der Waals surface area contributed by atoms with Crippen molar-refractivity contribution in [3.63, 3.8) is 0 Å². The van der Waals surface area contributed by atoms with E-state index >= 15 is 0 Å². The Balaban J connectivity index is 1.80. The Morgan fingerprint density at radius 3 is 2.54 bits per heavy atom. The van der Waals surface area contributed by atoms with Gasteiger partial charge in [-0.15, -0.1) is 0 Å². The maximum absolute atomic E-state index is 13.2. The number of ether oxygens (including phenoxy) is 3. The summed E-state index contributed by atoms with van der Waals surface area (Å²) in [4.78, 5) is 41.0. The molecule has 0 aromatic heterocycles. The predicted octanol–water partition coefficient (Wildman–Crippen LogP) is 3.67. The first-order chi connectivity index (χ1) is 18.4. The number of nitrogens with one attached hydrogen (secondary N) is 1. The lowest BCUT2D eigenvalue weighted by molar-refractivity contribution is -0.257. The van der Waals surface area contributed by atoms with E-state index in [0.717, 1.165) is 31.3 Å². The highest BCUT2D eigenvalue weighted by atomic mass is 16.7. The standard InChI is InChI=1S/C30H50N2O7/c1-7-22-10-8-13-29(4,36)14-12-25(39-27-18-30(5,37-6)17-20(2)38-27)21(3)28(35)31-19-26(34)32-15-9-11-23(32)24(33)16-22/h7,20-21,23,25,27,36H,8-19H2,1-6H3,(H,31,35)/b22-7+/t20-,21+,23-,25-,27-,29+,30-/m0/s1. The van der Waals surface area contributed by atoms with Gasteiger partial charge in [-0.2, -0.15) is 0 Å². The number of aliphatic hydroxyl groups is 1. The molecule has 7 atom stereocenters. The zero-order valence-electron chi connectivity index (χ0n) is 24.8. The molecule has 0 aromatic rings. The molecule has 0 unspecified atom stereocenters. The fourth-order valence-corrected chi connectivity index (χ4v) is 6.22. The van der Waals surface area contributed by atoms with Crippen LogP contribution < -0.4 is 5.32 Å². The number of hydrogen-bond donors (Lipinski definition) is 2. The molecule has 9 nitrogen and oxygen atoms in total. The van der Waals surface area contributed by atoms with E-state index in [1.54, 1.807) is 18.9 Å². The number of allylic oxidation sites excluding steroid dienone is 2. The molecule has 0 aromatic carbocycles. The largest absolute Gasteiger partial charge is 0.390 e. The third-order valence-corrected chi connectivity index (χ3v) is 8.84. The first-order valence-electron chi connectivity index (χ1n) is 14.7. The number of Topliss-reactive ketones (excluding diaryl/α,β-unsaturated/α-hetero) is 1. The van der Waals surface area contributed by atoms with Gasteiger partial charge in [0.1, 0.15) is 0 Å². The molecule has 39 heavy (non-hydrogen) atoms. The van der Waals surface area contributed by atoms with E-state index in [1.165, 1.54) is 0 Å². The molecule has 0 spiro atoms. The minimum atomic E-state index is -0.950. The van der Waals surface area contributed by atoms with Crippen LogP contribution in [0.3, 0.4) is 0 Å². The van der Waals surface area contributed by atoms with Crippen molar-refractivity contribution in [3.05, 3.63) is 11.6 Å². The third-order valence-electron chi connectivity index (χ3n) is 8.84. The van der Waals surface area contributed by atoms with Crippen molar-refractivity contribution in [1.29, 1.82) is 0 Å². The summed E-state index contributed by atoms with van der Waals surface area (Å²) < 4.78 is 18.2. The van der Waals surface area contributed by atoms with Gasteiger partial charge in [-0.1, -0.05) is 18.6 Å². The average molecular weight is 551 g/mol. The number of methoxy groups -OCH3 is 1. The Bertz CT molecular complexity index is 904. The first kappa shape index (κ1) is 31.7. The molecule has 222 valence electrons. The molecule has 3 heterocycles. The topological polar surface area (TPSA) is 114 Å². The average Bonchev–Trinajstić information content (AvgIpc) is 3.37. The number of carbonyl (C=O) groups excluding carboxylic acids is 3. The van der Waals surface area contributed by atoms with Gasteiger partial charge < -0.3 is 29.5 Å². The second-order valence-corrected chi connectivity index (χ2v) is 12.3.